The smallest absolute Gasteiger partial charge is 0.340 e. The number of para-hydroxylation sites is 1. The fourth-order valence-corrected chi connectivity index (χ4v) is 1.86. The van der Waals surface area contributed by atoms with Crippen molar-refractivity contribution in [3.8, 4) is 0 Å². The Balaban J connectivity index is 3.06. The third kappa shape index (κ3) is 4.78. The number of amides is 1. The summed E-state index contributed by atoms with van der Waals surface area (Å²) in [5.41, 5.74) is 5.20. The highest BCUT2D eigenvalue weighted by atomic mass is 16.5. The number of carbonyl (C=O) groups excluding carboxylic acids is 3. The highest BCUT2D eigenvalue weighted by Crippen LogP contribution is 2.23. The van der Waals surface area contributed by atoms with Gasteiger partial charge in [0.1, 0.15) is 6.04 Å². The van der Waals surface area contributed by atoms with Gasteiger partial charge in [-0.05, 0) is 18.6 Å². The van der Waals surface area contributed by atoms with Crippen molar-refractivity contribution < 1.29 is 33.8 Å². The van der Waals surface area contributed by atoms with Gasteiger partial charge in [0.2, 0.25) is 5.91 Å². The van der Waals surface area contributed by atoms with Crippen LogP contribution in [0.5, 0.6) is 0 Å². The van der Waals surface area contributed by atoms with Crippen LogP contribution in [-0.4, -0.2) is 49.2 Å². The fraction of sp³-hybridized carbons (Fsp3) is 0.333. The fourth-order valence-electron chi connectivity index (χ4n) is 1.86. The summed E-state index contributed by atoms with van der Waals surface area (Å²) < 4.78 is 9.23. The summed E-state index contributed by atoms with van der Waals surface area (Å²) in [7, 11) is 2.31. The van der Waals surface area contributed by atoms with Crippen LogP contribution in [0.1, 0.15) is 33.6 Å². The molecule has 130 valence electrons. The molecule has 0 bridgehead atoms. The number of esters is 2. The van der Waals surface area contributed by atoms with Crippen molar-refractivity contribution in [2.45, 2.75) is 18.9 Å². The van der Waals surface area contributed by atoms with Crippen LogP contribution in [0, 0.1) is 0 Å². The molecule has 0 radical (unpaired) electrons. The maximum absolute atomic E-state index is 12.0. The molecular weight excluding hydrogens is 320 g/mol. The Hall–Kier alpha value is -2.94. The van der Waals surface area contributed by atoms with Gasteiger partial charge in [-0.1, -0.05) is 6.07 Å². The predicted octanol–water partition coefficient (Wildman–Crippen LogP) is 0.390. The Morgan fingerprint density at radius 1 is 1.12 bits per heavy atom. The summed E-state index contributed by atoms with van der Waals surface area (Å²) in [6, 6.07) is 2.99. The molecule has 4 N–H and O–H groups in total. The van der Waals surface area contributed by atoms with E-state index in [1.165, 1.54) is 18.2 Å². The lowest BCUT2D eigenvalue weighted by molar-refractivity contribution is -0.138. The largest absolute Gasteiger partial charge is 0.480 e. The first-order valence-corrected chi connectivity index (χ1v) is 6.89. The summed E-state index contributed by atoms with van der Waals surface area (Å²) in [5.74, 6) is -3.34. The van der Waals surface area contributed by atoms with Gasteiger partial charge in [0.15, 0.2) is 0 Å². The number of methoxy groups -OCH3 is 2. The van der Waals surface area contributed by atoms with Crippen molar-refractivity contribution in [3.63, 3.8) is 0 Å². The number of hydrogen-bond acceptors (Lipinski definition) is 7. The number of hydrogen-bond donors (Lipinski definition) is 3. The standard InChI is InChI=1S/C15H18N2O7/c1-23-14(21)8-4-3-5-9(15(22)24-2)12(8)17-11(18)7-6-10(16)13(19)20/h3-5,10H,6-7,16H2,1-2H3,(H,17,18)(H,19,20)/t10-/m0/s1. The number of benzene rings is 1. The van der Waals surface area contributed by atoms with Crippen molar-refractivity contribution in [1.82, 2.24) is 0 Å². The van der Waals surface area contributed by atoms with E-state index in [4.69, 9.17) is 10.8 Å². The van der Waals surface area contributed by atoms with Gasteiger partial charge in [0.05, 0.1) is 31.0 Å². The van der Waals surface area contributed by atoms with Crippen molar-refractivity contribution in [2.24, 2.45) is 5.73 Å². The number of anilines is 1. The van der Waals surface area contributed by atoms with Crippen LogP contribution in [-0.2, 0) is 19.1 Å². The maximum atomic E-state index is 12.0. The monoisotopic (exact) mass is 338 g/mol. The van der Waals surface area contributed by atoms with Gasteiger partial charge in [-0.2, -0.15) is 0 Å². The molecule has 0 saturated heterocycles. The molecule has 0 saturated carbocycles. The quantitative estimate of drug-likeness (QED) is 0.605. The number of carboxylic acids is 1. The summed E-state index contributed by atoms with van der Waals surface area (Å²) >= 11 is 0. The van der Waals surface area contributed by atoms with E-state index in [1.54, 1.807) is 0 Å². The first kappa shape index (κ1) is 19.1. The number of aliphatic carboxylic acids is 1. The first-order chi connectivity index (χ1) is 11.3. The van der Waals surface area contributed by atoms with Gasteiger partial charge in [-0.3, -0.25) is 9.59 Å². The molecule has 1 aromatic carbocycles. The SMILES string of the molecule is COC(=O)c1cccc(C(=O)OC)c1NC(=O)CC[C@H](N)C(=O)O. The lowest BCUT2D eigenvalue weighted by atomic mass is 10.1. The molecule has 0 spiro atoms. The summed E-state index contributed by atoms with van der Waals surface area (Å²) in [5, 5.41) is 11.1. The first-order valence-electron chi connectivity index (χ1n) is 6.89. The van der Waals surface area contributed by atoms with E-state index >= 15 is 0 Å². The Morgan fingerprint density at radius 2 is 1.62 bits per heavy atom. The molecule has 0 aliphatic heterocycles. The number of carboxylic acid groups (broad SMARTS) is 1. The zero-order valence-corrected chi connectivity index (χ0v) is 13.2. The Morgan fingerprint density at radius 3 is 2.04 bits per heavy atom. The van der Waals surface area contributed by atoms with Crippen LogP contribution in [0.4, 0.5) is 5.69 Å². The van der Waals surface area contributed by atoms with Gasteiger partial charge in [0.25, 0.3) is 0 Å². The Bertz CT molecular complexity index is 623. The maximum Gasteiger partial charge on any atom is 0.340 e. The highest BCUT2D eigenvalue weighted by Gasteiger charge is 2.22. The molecule has 1 rings (SSSR count). The third-order valence-electron chi connectivity index (χ3n) is 3.14. The summed E-state index contributed by atoms with van der Waals surface area (Å²) in [6.07, 6.45) is -0.307. The van der Waals surface area contributed by atoms with Gasteiger partial charge < -0.3 is 25.6 Å². The number of nitrogens with two attached hydrogens (primary N) is 1. The van der Waals surface area contributed by atoms with Crippen LogP contribution in [0.2, 0.25) is 0 Å². The topological polar surface area (TPSA) is 145 Å². The van der Waals surface area contributed by atoms with E-state index in [9.17, 15) is 19.2 Å². The van der Waals surface area contributed by atoms with E-state index in [0.717, 1.165) is 14.2 Å². The van der Waals surface area contributed by atoms with Crippen molar-refractivity contribution in [1.29, 1.82) is 0 Å². The van der Waals surface area contributed by atoms with Gasteiger partial charge in [-0.15, -0.1) is 0 Å². The molecule has 9 heteroatoms. The predicted molar refractivity (Wildman–Crippen MR) is 82.6 cm³/mol. The summed E-state index contributed by atoms with van der Waals surface area (Å²) in [6.45, 7) is 0. The van der Waals surface area contributed by atoms with Crippen LogP contribution in [0.3, 0.4) is 0 Å². The van der Waals surface area contributed by atoms with E-state index in [2.05, 4.69) is 14.8 Å². The Labute approximate surface area is 137 Å². The molecule has 0 unspecified atom stereocenters. The molecule has 24 heavy (non-hydrogen) atoms. The number of ether oxygens (including phenoxy) is 2. The van der Waals surface area contributed by atoms with Crippen LogP contribution in [0.15, 0.2) is 18.2 Å². The second-order valence-corrected chi connectivity index (χ2v) is 4.74. The molecular formula is C15H18N2O7. The highest BCUT2D eigenvalue weighted by molar-refractivity contribution is 6.08. The zero-order valence-electron chi connectivity index (χ0n) is 13.2. The van der Waals surface area contributed by atoms with Crippen molar-refractivity contribution in [3.05, 3.63) is 29.3 Å². The molecule has 0 aliphatic rings. The van der Waals surface area contributed by atoms with E-state index < -0.39 is 29.9 Å². The van der Waals surface area contributed by atoms with Gasteiger partial charge in [-0.25, -0.2) is 9.59 Å². The Kier molecular flexibility index (Phi) is 6.87. The third-order valence-corrected chi connectivity index (χ3v) is 3.14. The number of nitrogens with one attached hydrogen (secondary N) is 1. The molecule has 0 aromatic heterocycles. The minimum absolute atomic E-state index is 0.0312. The zero-order chi connectivity index (χ0) is 18.3. The lowest BCUT2D eigenvalue weighted by Gasteiger charge is -2.14. The van der Waals surface area contributed by atoms with E-state index in [-0.39, 0.29) is 29.7 Å². The molecule has 1 atom stereocenters. The molecule has 9 nitrogen and oxygen atoms in total. The van der Waals surface area contributed by atoms with Crippen molar-refractivity contribution >= 4 is 29.5 Å². The second-order valence-electron chi connectivity index (χ2n) is 4.74. The van der Waals surface area contributed by atoms with E-state index in [0.29, 0.717) is 0 Å². The van der Waals surface area contributed by atoms with Gasteiger partial charge >= 0.3 is 17.9 Å². The van der Waals surface area contributed by atoms with Crippen LogP contribution in [0.25, 0.3) is 0 Å². The van der Waals surface area contributed by atoms with Crippen LogP contribution >= 0.6 is 0 Å². The minimum Gasteiger partial charge on any atom is -0.480 e. The van der Waals surface area contributed by atoms with Crippen LogP contribution < -0.4 is 11.1 Å². The average Bonchev–Trinajstić information content (AvgIpc) is 2.58. The number of rotatable bonds is 7. The minimum atomic E-state index is -1.23. The number of carbonyl (C=O) groups is 4. The lowest BCUT2D eigenvalue weighted by Crippen LogP contribution is -2.31. The normalized spacial score (nSPS) is 11.3. The van der Waals surface area contributed by atoms with E-state index in [1.807, 2.05) is 0 Å². The molecule has 0 fully saturated rings. The molecule has 0 heterocycles. The van der Waals surface area contributed by atoms with Crippen molar-refractivity contribution in [2.75, 3.05) is 19.5 Å². The average molecular weight is 338 g/mol. The second kappa shape index (κ2) is 8.63. The summed E-state index contributed by atoms with van der Waals surface area (Å²) in [4.78, 5) is 46.3. The molecule has 1 amide bonds. The van der Waals surface area contributed by atoms with Gasteiger partial charge in [0, 0.05) is 6.42 Å². The molecule has 1 aromatic rings. The molecule has 0 aliphatic carbocycles.